The van der Waals surface area contributed by atoms with Gasteiger partial charge in [0.05, 0.1) is 29.3 Å². The molecule has 0 amide bonds. The standard InChI is InChI=1S/C29H39N5O2/c1-28(2,3)36-27(35)34-23-12-6-5-11-22(23)32-25(34)19-33(21-14-16-29(4,30)17-15-21)24-13-7-9-20-10-8-18-31-26(20)24/h5-6,8,10-12,18,21,24H,7,9,13-17,19,30H2,1-4H3/t21-,24?,29+. The number of nitrogens with zero attached hydrogens (tertiary/aromatic N) is 4. The number of aromatic nitrogens is 3. The lowest BCUT2D eigenvalue weighted by molar-refractivity contribution is 0.0490. The number of rotatable bonds is 4. The van der Waals surface area contributed by atoms with Crippen molar-refractivity contribution >= 4 is 17.1 Å². The first-order valence-electron chi connectivity index (χ1n) is 13.3. The highest BCUT2D eigenvalue weighted by Crippen LogP contribution is 2.39. The zero-order valence-electron chi connectivity index (χ0n) is 22.0. The molecule has 36 heavy (non-hydrogen) atoms. The second-order valence-corrected chi connectivity index (χ2v) is 11.8. The van der Waals surface area contributed by atoms with Crippen LogP contribution in [-0.2, 0) is 17.7 Å². The van der Waals surface area contributed by atoms with Gasteiger partial charge in [-0.15, -0.1) is 0 Å². The van der Waals surface area contributed by atoms with Crippen LogP contribution in [0.4, 0.5) is 4.79 Å². The first kappa shape index (κ1) is 24.9. The number of hydrogen-bond acceptors (Lipinski definition) is 6. The second-order valence-electron chi connectivity index (χ2n) is 11.8. The number of fused-ring (bicyclic) bond motifs is 2. The third kappa shape index (κ3) is 5.18. The van der Waals surface area contributed by atoms with Crippen LogP contribution >= 0.6 is 0 Å². The van der Waals surface area contributed by atoms with Crippen molar-refractivity contribution in [2.75, 3.05) is 0 Å². The molecule has 0 spiro atoms. The van der Waals surface area contributed by atoms with Crippen LogP contribution in [0, 0.1) is 0 Å². The highest BCUT2D eigenvalue weighted by molar-refractivity contribution is 5.87. The van der Waals surface area contributed by atoms with Crippen molar-refractivity contribution in [2.24, 2.45) is 5.73 Å². The van der Waals surface area contributed by atoms with Crippen LogP contribution in [0.2, 0.25) is 0 Å². The normalized spacial score (nSPS) is 24.6. The highest BCUT2D eigenvalue weighted by atomic mass is 16.6. The zero-order chi connectivity index (χ0) is 25.5. The smallest absolute Gasteiger partial charge is 0.420 e. The molecule has 1 unspecified atom stereocenters. The van der Waals surface area contributed by atoms with Crippen LogP contribution < -0.4 is 5.73 Å². The Morgan fingerprint density at radius 3 is 2.67 bits per heavy atom. The van der Waals surface area contributed by atoms with Crippen LogP contribution in [0.15, 0.2) is 42.6 Å². The molecule has 192 valence electrons. The average Bonchev–Trinajstić information content (AvgIpc) is 3.20. The molecule has 2 aliphatic carbocycles. The van der Waals surface area contributed by atoms with Gasteiger partial charge >= 0.3 is 6.09 Å². The third-order valence-electron chi connectivity index (χ3n) is 7.66. The van der Waals surface area contributed by atoms with Crippen molar-refractivity contribution in [3.05, 3.63) is 59.7 Å². The molecule has 2 N–H and O–H groups in total. The third-order valence-corrected chi connectivity index (χ3v) is 7.66. The van der Waals surface area contributed by atoms with Gasteiger partial charge in [-0.3, -0.25) is 9.88 Å². The van der Waals surface area contributed by atoms with E-state index >= 15 is 0 Å². The molecule has 7 nitrogen and oxygen atoms in total. The van der Waals surface area contributed by atoms with Crippen molar-refractivity contribution in [3.8, 4) is 0 Å². The Hall–Kier alpha value is -2.77. The molecule has 0 radical (unpaired) electrons. The fourth-order valence-corrected chi connectivity index (χ4v) is 5.85. The van der Waals surface area contributed by atoms with Gasteiger partial charge in [0.2, 0.25) is 0 Å². The molecule has 0 bridgehead atoms. The maximum absolute atomic E-state index is 13.4. The second kappa shape index (κ2) is 9.60. The van der Waals surface area contributed by atoms with Gasteiger partial charge in [-0.05, 0) is 96.4 Å². The van der Waals surface area contributed by atoms with E-state index in [9.17, 15) is 4.79 Å². The zero-order valence-corrected chi connectivity index (χ0v) is 22.0. The predicted molar refractivity (Wildman–Crippen MR) is 142 cm³/mol. The summed E-state index contributed by atoms with van der Waals surface area (Å²) in [5.74, 6) is 0.717. The molecule has 0 aliphatic heterocycles. The Labute approximate surface area is 214 Å². The number of carbonyl (C=O) groups excluding carboxylic acids is 1. The topological polar surface area (TPSA) is 86.3 Å². The number of nitrogens with two attached hydrogens (primary N) is 1. The minimum atomic E-state index is -0.597. The van der Waals surface area contributed by atoms with Gasteiger partial charge in [0.25, 0.3) is 0 Å². The van der Waals surface area contributed by atoms with Crippen LogP contribution in [0.1, 0.15) is 89.3 Å². The summed E-state index contributed by atoms with van der Waals surface area (Å²) in [5.41, 5.74) is 9.89. The monoisotopic (exact) mass is 489 g/mol. The van der Waals surface area contributed by atoms with Gasteiger partial charge < -0.3 is 10.5 Å². The van der Waals surface area contributed by atoms with Crippen LogP contribution in [0.25, 0.3) is 11.0 Å². The van der Waals surface area contributed by atoms with Crippen molar-refractivity contribution < 1.29 is 9.53 Å². The summed E-state index contributed by atoms with van der Waals surface area (Å²) in [6.45, 7) is 8.40. The largest absolute Gasteiger partial charge is 0.443 e. The Morgan fingerprint density at radius 1 is 1.17 bits per heavy atom. The van der Waals surface area contributed by atoms with Crippen LogP contribution in [-0.4, -0.2) is 42.7 Å². The summed E-state index contributed by atoms with van der Waals surface area (Å²) in [6.07, 6.45) is 8.79. The molecule has 2 aliphatic rings. The number of carbonyl (C=O) groups is 1. The van der Waals surface area contributed by atoms with E-state index in [0.717, 1.165) is 61.8 Å². The number of benzene rings is 1. The lowest BCUT2D eigenvalue weighted by Gasteiger charge is -2.44. The number of para-hydroxylation sites is 2. The summed E-state index contributed by atoms with van der Waals surface area (Å²) < 4.78 is 7.50. The Kier molecular flexibility index (Phi) is 6.64. The first-order chi connectivity index (χ1) is 17.1. The lowest BCUT2D eigenvalue weighted by Crippen LogP contribution is -2.48. The minimum absolute atomic E-state index is 0.117. The van der Waals surface area contributed by atoms with E-state index < -0.39 is 5.60 Å². The Balaban J connectivity index is 1.56. The van der Waals surface area contributed by atoms with Crippen LogP contribution in [0.5, 0.6) is 0 Å². The number of pyridine rings is 1. The molecular formula is C29H39N5O2. The molecule has 3 aromatic rings. The molecule has 1 fully saturated rings. The molecule has 1 atom stereocenters. The first-order valence-corrected chi connectivity index (χ1v) is 13.3. The maximum atomic E-state index is 13.4. The summed E-state index contributed by atoms with van der Waals surface area (Å²) in [4.78, 5) is 25.8. The van der Waals surface area contributed by atoms with E-state index in [1.54, 1.807) is 4.57 Å². The number of hydrogen-bond donors (Lipinski definition) is 1. The van der Waals surface area contributed by atoms with E-state index in [1.807, 2.05) is 57.3 Å². The molecule has 5 rings (SSSR count). The molecule has 2 heterocycles. The van der Waals surface area contributed by atoms with E-state index in [2.05, 4.69) is 17.9 Å². The number of ether oxygens (including phenoxy) is 1. The van der Waals surface area contributed by atoms with Crippen LogP contribution in [0.3, 0.4) is 0 Å². The molecule has 0 saturated heterocycles. The van der Waals surface area contributed by atoms with E-state index in [1.165, 1.54) is 11.3 Å². The summed E-state index contributed by atoms with van der Waals surface area (Å²) >= 11 is 0. The van der Waals surface area contributed by atoms with Crippen molar-refractivity contribution in [1.82, 2.24) is 19.4 Å². The van der Waals surface area contributed by atoms with Gasteiger partial charge in [-0.1, -0.05) is 18.2 Å². The summed E-state index contributed by atoms with van der Waals surface area (Å²) in [5, 5.41) is 0. The van der Waals surface area contributed by atoms with Gasteiger partial charge in [-0.2, -0.15) is 0 Å². The number of imidazole rings is 1. The fourth-order valence-electron chi connectivity index (χ4n) is 5.85. The highest BCUT2D eigenvalue weighted by Gasteiger charge is 2.37. The van der Waals surface area contributed by atoms with Gasteiger partial charge in [0.15, 0.2) is 0 Å². The fraction of sp³-hybridized carbons (Fsp3) is 0.552. The van der Waals surface area contributed by atoms with Crippen molar-refractivity contribution in [3.63, 3.8) is 0 Å². The number of aryl methyl sites for hydroxylation is 1. The van der Waals surface area contributed by atoms with E-state index in [4.69, 9.17) is 20.4 Å². The van der Waals surface area contributed by atoms with Gasteiger partial charge in [0.1, 0.15) is 11.4 Å². The molecule has 2 aromatic heterocycles. The molecular weight excluding hydrogens is 450 g/mol. The maximum Gasteiger partial charge on any atom is 0.420 e. The SMILES string of the molecule is CC(C)(C)OC(=O)n1c(CN(C2CCCc3cccnc32)[C@H]2CC[C@@](C)(N)CC2)nc2ccccc21. The lowest BCUT2D eigenvalue weighted by atomic mass is 9.80. The summed E-state index contributed by atoms with van der Waals surface area (Å²) in [7, 11) is 0. The van der Waals surface area contributed by atoms with Crippen molar-refractivity contribution in [1.29, 1.82) is 0 Å². The van der Waals surface area contributed by atoms with Crippen molar-refractivity contribution in [2.45, 2.75) is 102 Å². The van der Waals surface area contributed by atoms with E-state index in [-0.39, 0.29) is 17.7 Å². The molecule has 7 heteroatoms. The van der Waals surface area contributed by atoms with Gasteiger partial charge in [-0.25, -0.2) is 14.3 Å². The molecule has 1 saturated carbocycles. The molecule has 1 aromatic carbocycles. The Morgan fingerprint density at radius 2 is 1.92 bits per heavy atom. The quantitative estimate of drug-likeness (QED) is 0.502. The Bertz CT molecular complexity index is 1230. The summed E-state index contributed by atoms with van der Waals surface area (Å²) in [6, 6.07) is 12.6. The van der Waals surface area contributed by atoms with Gasteiger partial charge in [0, 0.05) is 17.8 Å². The minimum Gasteiger partial charge on any atom is -0.443 e. The predicted octanol–water partition coefficient (Wildman–Crippen LogP) is 5.75. The average molecular weight is 490 g/mol. The van der Waals surface area contributed by atoms with E-state index in [0.29, 0.717) is 12.6 Å².